The Morgan fingerprint density at radius 3 is 3.08 bits per heavy atom. The van der Waals surface area contributed by atoms with Crippen molar-refractivity contribution < 1.29 is 4.74 Å². The molecule has 0 aromatic carbocycles. The van der Waals surface area contributed by atoms with Gasteiger partial charge in [0.1, 0.15) is 5.01 Å². The number of thiazole rings is 1. The number of pyridine rings is 1. The first kappa shape index (κ1) is 16.4. The minimum Gasteiger partial charge on any atom is -0.375 e. The lowest BCUT2D eigenvalue weighted by Crippen LogP contribution is -2.38. The highest BCUT2D eigenvalue weighted by atomic mass is 32.1. The zero-order valence-corrected chi connectivity index (χ0v) is 15.0. The molecule has 0 unspecified atom stereocenters. The molecule has 4 heterocycles. The number of aryl methyl sites for hydroxylation is 1. The van der Waals surface area contributed by atoms with Gasteiger partial charge in [0, 0.05) is 44.0 Å². The largest absolute Gasteiger partial charge is 0.375 e. The fraction of sp³-hybridized carbons (Fsp3) is 0.389. The highest BCUT2D eigenvalue weighted by Crippen LogP contribution is 2.31. The third-order valence-corrected chi connectivity index (χ3v) is 5.31. The highest BCUT2D eigenvalue weighted by molar-refractivity contribution is 7.09. The quantitative estimate of drug-likeness (QED) is 0.680. The van der Waals surface area contributed by atoms with Crippen LogP contribution in [0.1, 0.15) is 28.0 Å². The average Bonchev–Trinajstić information content (AvgIpc) is 3.28. The Labute approximate surface area is 151 Å². The van der Waals surface area contributed by atoms with E-state index in [0.717, 1.165) is 30.1 Å². The maximum absolute atomic E-state index is 6.05. The minimum absolute atomic E-state index is 0.192. The molecular weight excluding hydrogens is 334 g/mol. The summed E-state index contributed by atoms with van der Waals surface area (Å²) in [4.78, 5) is 15.6. The molecule has 4 rings (SSSR count). The van der Waals surface area contributed by atoms with Gasteiger partial charge in [0.15, 0.2) is 0 Å². The van der Waals surface area contributed by atoms with Gasteiger partial charge >= 0.3 is 0 Å². The van der Waals surface area contributed by atoms with Crippen molar-refractivity contribution in [1.29, 1.82) is 0 Å². The first-order chi connectivity index (χ1) is 12.3. The molecule has 0 radical (unpaired) electrons. The molecule has 1 atom stereocenters. The zero-order chi connectivity index (χ0) is 17.1. The van der Waals surface area contributed by atoms with Gasteiger partial charge in [-0.25, -0.2) is 9.97 Å². The Kier molecular flexibility index (Phi) is 4.87. The van der Waals surface area contributed by atoms with Crippen LogP contribution in [0.5, 0.6) is 0 Å². The van der Waals surface area contributed by atoms with Gasteiger partial charge in [0.25, 0.3) is 0 Å². The van der Waals surface area contributed by atoms with Crippen LogP contribution in [-0.4, -0.2) is 37.6 Å². The molecule has 0 saturated carbocycles. The van der Waals surface area contributed by atoms with E-state index in [1.807, 2.05) is 36.2 Å². The van der Waals surface area contributed by atoms with E-state index in [0.29, 0.717) is 13.2 Å². The van der Waals surface area contributed by atoms with E-state index in [9.17, 15) is 0 Å². The number of nitrogens with zero attached hydrogens (tertiary/aromatic N) is 5. The summed E-state index contributed by atoms with van der Waals surface area (Å²) in [6, 6.07) is 4.17. The van der Waals surface area contributed by atoms with Crippen molar-refractivity contribution in [3.63, 3.8) is 0 Å². The summed E-state index contributed by atoms with van der Waals surface area (Å²) < 4.78 is 8.18. The van der Waals surface area contributed by atoms with Gasteiger partial charge < -0.3 is 9.30 Å². The summed E-state index contributed by atoms with van der Waals surface area (Å²) in [5.74, 6) is 0. The van der Waals surface area contributed by atoms with Crippen molar-refractivity contribution >= 4 is 11.3 Å². The van der Waals surface area contributed by atoms with Gasteiger partial charge in [0.2, 0.25) is 0 Å². The Morgan fingerprint density at radius 2 is 2.28 bits per heavy atom. The Bertz CT molecular complexity index is 802. The zero-order valence-electron chi connectivity index (χ0n) is 14.2. The van der Waals surface area contributed by atoms with E-state index in [1.54, 1.807) is 17.5 Å². The van der Waals surface area contributed by atoms with Crippen LogP contribution in [0.3, 0.4) is 0 Å². The maximum Gasteiger partial charge on any atom is 0.107 e. The number of hydrogen-bond donors (Lipinski definition) is 0. The van der Waals surface area contributed by atoms with Crippen molar-refractivity contribution in [2.24, 2.45) is 7.05 Å². The lowest BCUT2D eigenvalue weighted by molar-refractivity contribution is 0.0377. The van der Waals surface area contributed by atoms with Crippen molar-refractivity contribution in [2.75, 3.05) is 13.2 Å². The fourth-order valence-corrected chi connectivity index (χ4v) is 3.98. The van der Waals surface area contributed by atoms with Crippen LogP contribution in [0.15, 0.2) is 42.4 Å². The third-order valence-electron chi connectivity index (χ3n) is 4.54. The number of imidazole rings is 1. The van der Waals surface area contributed by atoms with Crippen LogP contribution in [0.25, 0.3) is 0 Å². The van der Waals surface area contributed by atoms with Gasteiger partial charge in [-0.15, -0.1) is 11.3 Å². The highest BCUT2D eigenvalue weighted by Gasteiger charge is 2.31. The van der Waals surface area contributed by atoms with E-state index >= 15 is 0 Å². The maximum atomic E-state index is 6.05. The van der Waals surface area contributed by atoms with Crippen molar-refractivity contribution in [2.45, 2.75) is 25.6 Å². The average molecular weight is 355 g/mol. The summed E-state index contributed by atoms with van der Waals surface area (Å²) >= 11 is 1.70. The van der Waals surface area contributed by atoms with E-state index in [-0.39, 0.29) is 6.04 Å². The summed E-state index contributed by atoms with van der Waals surface area (Å²) in [6.07, 6.45) is 8.38. The molecular formula is C18H21N5OS. The summed E-state index contributed by atoms with van der Waals surface area (Å²) in [6.45, 7) is 3.03. The first-order valence-electron chi connectivity index (χ1n) is 8.40. The molecule has 0 N–H and O–H groups in total. The number of fused-ring (bicyclic) bond motifs is 1. The lowest BCUT2D eigenvalue weighted by atomic mass is 10.0. The van der Waals surface area contributed by atoms with Crippen LogP contribution in [0.4, 0.5) is 0 Å². The van der Waals surface area contributed by atoms with Crippen LogP contribution < -0.4 is 0 Å². The third kappa shape index (κ3) is 3.63. The SMILES string of the molecule is Cn1cnc2c1[C@H](COCc1cccnc1)N(Cc1nccs1)CC2. The first-order valence-corrected chi connectivity index (χ1v) is 9.28. The summed E-state index contributed by atoms with van der Waals surface area (Å²) in [5, 5.41) is 3.17. The molecule has 1 aliphatic rings. The lowest BCUT2D eigenvalue weighted by Gasteiger charge is -2.35. The van der Waals surface area contributed by atoms with Crippen LogP contribution in [0, 0.1) is 0 Å². The second-order valence-corrected chi connectivity index (χ2v) is 7.21. The normalized spacial score (nSPS) is 17.6. The Morgan fingerprint density at radius 1 is 1.32 bits per heavy atom. The van der Waals surface area contributed by atoms with Gasteiger partial charge in [-0.1, -0.05) is 6.07 Å². The molecule has 3 aromatic rings. The molecule has 0 spiro atoms. The standard InChI is InChI=1S/C18H21N5OS/c1-22-13-21-15-4-7-23(10-17-20-6-8-25-17)16(18(15)22)12-24-11-14-3-2-5-19-9-14/h2-3,5-6,8-9,13,16H,4,7,10-12H2,1H3/t16-/m0/s1. The number of aromatic nitrogens is 4. The predicted molar refractivity (Wildman–Crippen MR) is 96.1 cm³/mol. The number of hydrogen-bond acceptors (Lipinski definition) is 6. The van der Waals surface area contributed by atoms with E-state index in [1.165, 1.54) is 11.4 Å². The van der Waals surface area contributed by atoms with Gasteiger partial charge in [-0.3, -0.25) is 9.88 Å². The summed E-state index contributed by atoms with van der Waals surface area (Å²) in [5.41, 5.74) is 3.54. The molecule has 0 aliphatic carbocycles. The Balaban J connectivity index is 1.50. The second-order valence-electron chi connectivity index (χ2n) is 6.23. The van der Waals surface area contributed by atoms with Gasteiger partial charge in [-0.2, -0.15) is 0 Å². The Hall–Kier alpha value is -2.09. The summed E-state index contributed by atoms with van der Waals surface area (Å²) in [7, 11) is 2.06. The van der Waals surface area contributed by atoms with Crippen LogP contribution in [0.2, 0.25) is 0 Å². The molecule has 130 valence electrons. The molecule has 7 heteroatoms. The molecule has 0 amide bonds. The molecule has 0 saturated heterocycles. The minimum atomic E-state index is 0.192. The second kappa shape index (κ2) is 7.43. The van der Waals surface area contributed by atoms with Crippen molar-refractivity contribution in [1.82, 2.24) is 24.4 Å². The topological polar surface area (TPSA) is 56.1 Å². The molecule has 25 heavy (non-hydrogen) atoms. The number of rotatable bonds is 6. The molecule has 0 fully saturated rings. The molecule has 0 bridgehead atoms. The molecule has 6 nitrogen and oxygen atoms in total. The van der Waals surface area contributed by atoms with Gasteiger partial charge in [0.05, 0.1) is 43.5 Å². The monoisotopic (exact) mass is 355 g/mol. The van der Waals surface area contributed by atoms with Crippen LogP contribution >= 0.6 is 11.3 Å². The van der Waals surface area contributed by atoms with Gasteiger partial charge in [-0.05, 0) is 11.6 Å². The molecule has 1 aliphatic heterocycles. The number of ether oxygens (including phenoxy) is 1. The van der Waals surface area contributed by atoms with E-state index in [4.69, 9.17) is 4.74 Å². The predicted octanol–water partition coefficient (Wildman–Crippen LogP) is 2.59. The molecule has 3 aromatic heterocycles. The fourth-order valence-electron chi connectivity index (χ4n) is 3.34. The van der Waals surface area contributed by atoms with Crippen molar-refractivity contribution in [3.05, 3.63) is 64.4 Å². The van der Waals surface area contributed by atoms with E-state index in [2.05, 4.69) is 31.5 Å². The smallest absolute Gasteiger partial charge is 0.107 e. The van der Waals surface area contributed by atoms with E-state index < -0.39 is 0 Å². The van der Waals surface area contributed by atoms with Crippen molar-refractivity contribution in [3.8, 4) is 0 Å². The van der Waals surface area contributed by atoms with Crippen LogP contribution in [-0.2, 0) is 31.4 Å².